The molecule has 2 rings (SSSR count). The number of carbonyl (C=O) groups is 3. The van der Waals surface area contributed by atoms with Crippen LogP contribution < -0.4 is 5.73 Å². The predicted molar refractivity (Wildman–Crippen MR) is 76.3 cm³/mol. The lowest BCUT2D eigenvalue weighted by atomic mass is 10.0. The van der Waals surface area contributed by atoms with Gasteiger partial charge in [0.25, 0.3) is 0 Å². The fourth-order valence-electron chi connectivity index (χ4n) is 2.58. The first kappa shape index (κ1) is 17.2. The van der Waals surface area contributed by atoms with Gasteiger partial charge >= 0.3 is 18.4 Å². The number of urea groups is 1. The molecule has 3 amide bonds. The van der Waals surface area contributed by atoms with E-state index in [0.29, 0.717) is 12.0 Å². The second kappa shape index (κ2) is 6.53. The lowest BCUT2D eigenvalue weighted by molar-refractivity contribution is -0.225. The SMILES string of the molecule is CC[C@@H](C)OC(=O)C(F)ON1C(=O)N2C[C@H]1C=C(C)[C@@H]2C(N)=O. The molecule has 1 saturated heterocycles. The van der Waals surface area contributed by atoms with Crippen molar-refractivity contribution >= 4 is 17.9 Å². The van der Waals surface area contributed by atoms with Crippen molar-refractivity contribution in [3.8, 4) is 0 Å². The smallest absolute Gasteiger partial charge is 0.371 e. The van der Waals surface area contributed by atoms with Gasteiger partial charge in [0.05, 0.1) is 18.7 Å². The van der Waals surface area contributed by atoms with Crippen molar-refractivity contribution in [2.75, 3.05) is 6.54 Å². The second-order valence-electron chi connectivity index (χ2n) is 5.62. The van der Waals surface area contributed by atoms with Crippen LogP contribution >= 0.6 is 0 Å². The third-order valence-corrected chi connectivity index (χ3v) is 3.87. The summed E-state index contributed by atoms with van der Waals surface area (Å²) in [6.07, 6.45) is -0.749. The quantitative estimate of drug-likeness (QED) is 0.564. The first-order valence-electron chi connectivity index (χ1n) is 7.35. The monoisotopic (exact) mass is 329 g/mol. The molecule has 4 atom stereocenters. The number of carbonyl (C=O) groups excluding carboxylic acids is 3. The summed E-state index contributed by atoms with van der Waals surface area (Å²) in [5.74, 6) is -1.88. The summed E-state index contributed by atoms with van der Waals surface area (Å²) in [6.45, 7) is 5.18. The molecule has 2 bridgehead atoms. The standard InChI is InChI=1S/C14H20FN3O5/c1-4-8(3)22-13(20)11(15)23-18-9-5-7(2)10(12(16)19)17(6-9)14(18)21/h5,8-11H,4,6H2,1-3H3,(H2,16,19)/t8-,9-,10-,11?/m1/s1. The highest BCUT2D eigenvalue weighted by Gasteiger charge is 2.48. The molecule has 2 N–H and O–H groups in total. The molecular weight excluding hydrogens is 309 g/mol. The second-order valence-corrected chi connectivity index (χ2v) is 5.62. The Labute approximate surface area is 132 Å². The first-order valence-corrected chi connectivity index (χ1v) is 7.35. The topological polar surface area (TPSA) is 102 Å². The van der Waals surface area contributed by atoms with E-state index < -0.39 is 42.5 Å². The number of ether oxygens (including phenoxy) is 1. The molecule has 0 aromatic rings. The highest BCUT2D eigenvalue weighted by molar-refractivity contribution is 5.90. The maximum absolute atomic E-state index is 13.9. The van der Waals surface area contributed by atoms with Gasteiger partial charge in [-0.25, -0.2) is 18.8 Å². The van der Waals surface area contributed by atoms with E-state index in [0.717, 1.165) is 5.06 Å². The molecule has 2 aliphatic rings. The van der Waals surface area contributed by atoms with E-state index in [1.807, 2.05) is 0 Å². The van der Waals surface area contributed by atoms with Gasteiger partial charge in [0.2, 0.25) is 5.91 Å². The van der Waals surface area contributed by atoms with Crippen molar-refractivity contribution in [2.24, 2.45) is 5.73 Å². The molecule has 8 nitrogen and oxygen atoms in total. The average Bonchev–Trinajstić information content (AvgIpc) is 2.71. The summed E-state index contributed by atoms with van der Waals surface area (Å²) in [5.41, 5.74) is 5.86. The Morgan fingerprint density at radius 2 is 2.17 bits per heavy atom. The first-order chi connectivity index (χ1) is 10.8. The van der Waals surface area contributed by atoms with Gasteiger partial charge in [-0.3, -0.25) is 4.79 Å². The van der Waals surface area contributed by atoms with E-state index in [9.17, 15) is 18.8 Å². The molecule has 128 valence electrons. The van der Waals surface area contributed by atoms with Crippen LogP contribution in [0.4, 0.5) is 9.18 Å². The van der Waals surface area contributed by atoms with Crippen molar-refractivity contribution in [1.82, 2.24) is 9.96 Å². The molecule has 0 aromatic heterocycles. The van der Waals surface area contributed by atoms with Gasteiger partial charge in [0, 0.05) is 0 Å². The summed E-state index contributed by atoms with van der Waals surface area (Å²) in [6, 6.07) is -2.20. The fourth-order valence-corrected chi connectivity index (χ4v) is 2.58. The molecule has 0 aromatic carbocycles. The van der Waals surface area contributed by atoms with Crippen molar-refractivity contribution in [1.29, 1.82) is 0 Å². The van der Waals surface area contributed by atoms with Crippen molar-refractivity contribution in [3.63, 3.8) is 0 Å². The number of esters is 1. The minimum absolute atomic E-state index is 0.136. The number of alkyl halides is 1. The van der Waals surface area contributed by atoms with Crippen LogP contribution in [0.15, 0.2) is 11.6 Å². The molecule has 0 aliphatic carbocycles. The van der Waals surface area contributed by atoms with Crippen molar-refractivity contribution in [2.45, 2.75) is 51.7 Å². The fraction of sp³-hybridized carbons (Fsp3) is 0.643. The molecule has 9 heteroatoms. The Kier molecular flexibility index (Phi) is 4.88. The molecule has 1 unspecified atom stereocenters. The zero-order valence-electron chi connectivity index (χ0n) is 13.2. The average molecular weight is 329 g/mol. The maximum Gasteiger partial charge on any atom is 0.371 e. The van der Waals surface area contributed by atoms with E-state index in [1.54, 1.807) is 26.8 Å². The molecule has 0 spiro atoms. The highest BCUT2D eigenvalue weighted by atomic mass is 19.1. The summed E-state index contributed by atoms with van der Waals surface area (Å²) in [5, 5.41) is 0.745. The molecule has 0 saturated carbocycles. The van der Waals surface area contributed by atoms with Gasteiger partial charge in [0.1, 0.15) is 6.04 Å². The number of hydrogen-bond acceptors (Lipinski definition) is 5. The summed E-state index contributed by atoms with van der Waals surface area (Å²) < 4.78 is 18.7. The Balaban J connectivity index is 2.07. The third kappa shape index (κ3) is 3.29. The number of nitrogens with zero attached hydrogens (tertiary/aromatic N) is 2. The number of hydrogen-bond donors (Lipinski definition) is 1. The van der Waals surface area contributed by atoms with Crippen LogP contribution in [0.3, 0.4) is 0 Å². The largest absolute Gasteiger partial charge is 0.459 e. The Morgan fingerprint density at radius 1 is 1.52 bits per heavy atom. The number of primary amides is 1. The summed E-state index contributed by atoms with van der Waals surface area (Å²) in [7, 11) is 0. The molecule has 23 heavy (non-hydrogen) atoms. The predicted octanol–water partition coefficient (Wildman–Crippen LogP) is 0.475. The molecular formula is C14H20FN3O5. The van der Waals surface area contributed by atoms with Crippen molar-refractivity contribution in [3.05, 3.63) is 11.6 Å². The van der Waals surface area contributed by atoms with E-state index in [-0.39, 0.29) is 6.54 Å². The van der Waals surface area contributed by atoms with Crippen LogP contribution in [0.5, 0.6) is 0 Å². The molecule has 0 radical (unpaired) electrons. The van der Waals surface area contributed by atoms with Gasteiger partial charge < -0.3 is 15.4 Å². The van der Waals surface area contributed by atoms with Crippen LogP contribution in [0.1, 0.15) is 27.2 Å². The normalized spacial score (nSPS) is 25.9. The van der Waals surface area contributed by atoms with Crippen molar-refractivity contribution < 1.29 is 28.3 Å². The van der Waals surface area contributed by atoms with Gasteiger partial charge in [0.15, 0.2) is 0 Å². The molecule has 2 heterocycles. The lowest BCUT2D eigenvalue weighted by Gasteiger charge is -2.27. The molecule has 1 fully saturated rings. The number of nitrogens with two attached hydrogens (primary N) is 1. The van der Waals surface area contributed by atoms with Crippen LogP contribution in [-0.2, 0) is 19.2 Å². The van der Waals surface area contributed by atoms with Crippen LogP contribution in [0.25, 0.3) is 0 Å². The van der Waals surface area contributed by atoms with E-state index in [2.05, 4.69) is 0 Å². The minimum atomic E-state index is -2.42. The number of hydroxylamine groups is 2. The third-order valence-electron chi connectivity index (χ3n) is 3.87. The zero-order valence-corrected chi connectivity index (χ0v) is 13.2. The molecule has 2 aliphatic heterocycles. The van der Waals surface area contributed by atoms with E-state index >= 15 is 0 Å². The van der Waals surface area contributed by atoms with E-state index in [1.165, 1.54) is 4.90 Å². The van der Waals surface area contributed by atoms with Gasteiger partial charge in [-0.05, 0) is 25.8 Å². The Morgan fingerprint density at radius 3 is 2.74 bits per heavy atom. The zero-order chi connectivity index (χ0) is 17.3. The van der Waals surface area contributed by atoms with Crippen LogP contribution in [-0.4, -0.2) is 59.0 Å². The Bertz CT molecular complexity index is 553. The number of amides is 3. The number of halogens is 1. The van der Waals surface area contributed by atoms with Gasteiger partial charge in [-0.15, -0.1) is 0 Å². The highest BCUT2D eigenvalue weighted by Crippen LogP contribution is 2.30. The van der Waals surface area contributed by atoms with Gasteiger partial charge in [-0.1, -0.05) is 13.0 Å². The van der Waals surface area contributed by atoms with Crippen LogP contribution in [0, 0.1) is 0 Å². The number of rotatable bonds is 6. The summed E-state index contributed by atoms with van der Waals surface area (Å²) >= 11 is 0. The van der Waals surface area contributed by atoms with Crippen LogP contribution in [0.2, 0.25) is 0 Å². The summed E-state index contributed by atoms with van der Waals surface area (Å²) in [4.78, 5) is 41.3. The van der Waals surface area contributed by atoms with Gasteiger partial charge in [-0.2, -0.15) is 5.06 Å². The number of fused-ring (bicyclic) bond motifs is 2. The maximum atomic E-state index is 13.9. The van der Waals surface area contributed by atoms with E-state index in [4.69, 9.17) is 15.3 Å². The lowest BCUT2D eigenvalue weighted by Crippen LogP contribution is -2.48. The Hall–Kier alpha value is -2.16. The minimum Gasteiger partial charge on any atom is -0.459 e.